The highest BCUT2D eigenvalue weighted by Crippen LogP contribution is 2.25. The molecule has 1 atom stereocenters. The summed E-state index contributed by atoms with van der Waals surface area (Å²) in [4.78, 5) is 28.8. The van der Waals surface area contributed by atoms with E-state index in [2.05, 4.69) is 29.6 Å². The normalized spacial score (nSPS) is 19.8. The zero-order chi connectivity index (χ0) is 20.9. The summed E-state index contributed by atoms with van der Waals surface area (Å²) in [6.07, 6.45) is 3.44. The van der Waals surface area contributed by atoms with E-state index in [-0.39, 0.29) is 18.0 Å². The number of piperidine rings is 1. The number of nitrogens with one attached hydrogen (secondary N) is 1. The van der Waals surface area contributed by atoms with Crippen LogP contribution < -0.4 is 15.0 Å². The van der Waals surface area contributed by atoms with Crippen molar-refractivity contribution in [2.45, 2.75) is 31.7 Å². The smallest absolute Gasteiger partial charge is 0.317 e. The molecule has 0 saturated carbocycles. The highest BCUT2D eigenvalue weighted by molar-refractivity contribution is 5.96. The minimum absolute atomic E-state index is 0.0343. The van der Waals surface area contributed by atoms with E-state index in [1.54, 1.807) is 12.0 Å². The van der Waals surface area contributed by atoms with Crippen LogP contribution in [0.15, 0.2) is 54.6 Å². The van der Waals surface area contributed by atoms with Crippen molar-refractivity contribution in [2.75, 3.05) is 31.6 Å². The molecule has 6 heteroatoms. The van der Waals surface area contributed by atoms with Gasteiger partial charge in [0.1, 0.15) is 5.75 Å². The lowest BCUT2D eigenvalue weighted by Crippen LogP contribution is -2.48. The lowest BCUT2D eigenvalue weighted by molar-refractivity contribution is -0.117. The van der Waals surface area contributed by atoms with Gasteiger partial charge in [-0.05, 0) is 55.0 Å². The number of likely N-dealkylation sites (tertiary alicyclic amines) is 1. The SMILES string of the molecule is COc1ccc(N2C[C@H](NC(=O)N3CCC(Cc4ccccc4)CC3)CC2=O)cc1. The second-order valence-corrected chi connectivity index (χ2v) is 8.17. The van der Waals surface area contributed by atoms with Gasteiger partial charge in [-0.25, -0.2) is 4.79 Å². The van der Waals surface area contributed by atoms with Crippen molar-refractivity contribution < 1.29 is 14.3 Å². The number of carbonyl (C=O) groups excluding carboxylic acids is 2. The number of methoxy groups -OCH3 is 1. The Hall–Kier alpha value is -3.02. The molecule has 2 aliphatic heterocycles. The Morgan fingerprint density at radius 3 is 2.43 bits per heavy atom. The van der Waals surface area contributed by atoms with Crippen LogP contribution in [0.2, 0.25) is 0 Å². The van der Waals surface area contributed by atoms with Gasteiger partial charge in [0, 0.05) is 31.7 Å². The highest BCUT2D eigenvalue weighted by atomic mass is 16.5. The summed E-state index contributed by atoms with van der Waals surface area (Å²) >= 11 is 0. The predicted octanol–water partition coefficient (Wildman–Crippen LogP) is 3.46. The second kappa shape index (κ2) is 9.20. The quantitative estimate of drug-likeness (QED) is 0.826. The number of hydrogen-bond acceptors (Lipinski definition) is 3. The number of rotatable bonds is 5. The van der Waals surface area contributed by atoms with Crippen LogP contribution in [0.3, 0.4) is 0 Å². The Balaban J connectivity index is 1.26. The molecule has 3 amide bonds. The predicted molar refractivity (Wildman–Crippen MR) is 117 cm³/mol. The van der Waals surface area contributed by atoms with E-state index in [0.717, 1.165) is 43.8 Å². The molecule has 2 aromatic carbocycles. The molecule has 2 aliphatic rings. The van der Waals surface area contributed by atoms with Crippen LogP contribution in [0, 0.1) is 5.92 Å². The Kier molecular flexibility index (Phi) is 6.21. The molecule has 0 aromatic heterocycles. The van der Waals surface area contributed by atoms with Crippen molar-refractivity contribution in [3.05, 3.63) is 60.2 Å². The molecule has 6 nitrogen and oxygen atoms in total. The van der Waals surface area contributed by atoms with Gasteiger partial charge in [-0.15, -0.1) is 0 Å². The van der Waals surface area contributed by atoms with Gasteiger partial charge in [-0.2, -0.15) is 0 Å². The molecule has 0 aliphatic carbocycles. The first-order chi connectivity index (χ1) is 14.6. The highest BCUT2D eigenvalue weighted by Gasteiger charge is 2.33. The summed E-state index contributed by atoms with van der Waals surface area (Å²) in [5.41, 5.74) is 2.20. The third kappa shape index (κ3) is 4.75. The van der Waals surface area contributed by atoms with Crippen LogP contribution in [0.4, 0.5) is 10.5 Å². The van der Waals surface area contributed by atoms with Crippen molar-refractivity contribution in [1.29, 1.82) is 0 Å². The van der Waals surface area contributed by atoms with Crippen LogP contribution in [0.1, 0.15) is 24.8 Å². The summed E-state index contributed by atoms with van der Waals surface area (Å²) in [5, 5.41) is 3.07. The van der Waals surface area contributed by atoms with E-state index in [0.29, 0.717) is 18.9 Å². The Labute approximate surface area is 177 Å². The second-order valence-electron chi connectivity index (χ2n) is 8.17. The summed E-state index contributed by atoms with van der Waals surface area (Å²) in [7, 11) is 1.62. The lowest BCUT2D eigenvalue weighted by atomic mass is 9.90. The minimum Gasteiger partial charge on any atom is -0.497 e. The van der Waals surface area contributed by atoms with E-state index in [1.165, 1.54) is 5.56 Å². The molecule has 0 radical (unpaired) electrons. The number of amides is 3. The van der Waals surface area contributed by atoms with Crippen LogP contribution in [0.25, 0.3) is 0 Å². The van der Waals surface area contributed by atoms with Gasteiger partial charge in [0.15, 0.2) is 0 Å². The summed E-state index contributed by atoms with van der Waals surface area (Å²) in [6, 6.07) is 17.8. The molecule has 158 valence electrons. The van der Waals surface area contributed by atoms with Crippen LogP contribution in [0.5, 0.6) is 5.75 Å². The largest absolute Gasteiger partial charge is 0.497 e. The number of benzene rings is 2. The van der Waals surface area contributed by atoms with E-state index < -0.39 is 0 Å². The minimum atomic E-state index is -0.158. The third-order valence-electron chi connectivity index (χ3n) is 6.11. The topological polar surface area (TPSA) is 61.9 Å². The number of anilines is 1. The van der Waals surface area contributed by atoms with Crippen molar-refractivity contribution in [2.24, 2.45) is 5.92 Å². The first-order valence-corrected chi connectivity index (χ1v) is 10.7. The average molecular weight is 408 g/mol. The molecule has 1 N–H and O–H groups in total. The first-order valence-electron chi connectivity index (χ1n) is 10.7. The number of ether oxygens (including phenoxy) is 1. The maximum Gasteiger partial charge on any atom is 0.317 e. The maximum atomic E-state index is 12.7. The van der Waals surface area contributed by atoms with Crippen LogP contribution in [-0.4, -0.2) is 49.6 Å². The Morgan fingerprint density at radius 1 is 1.07 bits per heavy atom. The van der Waals surface area contributed by atoms with E-state index >= 15 is 0 Å². The van der Waals surface area contributed by atoms with Gasteiger partial charge in [0.2, 0.25) is 5.91 Å². The third-order valence-corrected chi connectivity index (χ3v) is 6.11. The van der Waals surface area contributed by atoms with Gasteiger partial charge >= 0.3 is 6.03 Å². The number of carbonyl (C=O) groups is 2. The van der Waals surface area contributed by atoms with Crippen molar-refractivity contribution >= 4 is 17.6 Å². The monoisotopic (exact) mass is 407 g/mol. The fourth-order valence-electron chi connectivity index (χ4n) is 4.37. The fourth-order valence-corrected chi connectivity index (χ4v) is 4.37. The standard InChI is InChI=1S/C24H29N3O3/c1-30-22-9-7-21(8-10-22)27-17-20(16-23(27)28)25-24(29)26-13-11-19(12-14-26)15-18-5-3-2-4-6-18/h2-10,19-20H,11-17H2,1H3,(H,25,29)/t20-/m1/s1. The van der Waals surface area contributed by atoms with Gasteiger partial charge in [-0.1, -0.05) is 30.3 Å². The van der Waals surface area contributed by atoms with E-state index in [4.69, 9.17) is 4.74 Å². The molecule has 0 spiro atoms. The van der Waals surface area contributed by atoms with Crippen molar-refractivity contribution in [3.8, 4) is 5.75 Å². The molecule has 2 aromatic rings. The maximum absolute atomic E-state index is 12.7. The van der Waals surface area contributed by atoms with E-state index in [1.807, 2.05) is 35.2 Å². The number of urea groups is 1. The van der Waals surface area contributed by atoms with Crippen LogP contribution in [-0.2, 0) is 11.2 Å². The molecule has 2 fully saturated rings. The van der Waals surface area contributed by atoms with Gasteiger partial charge in [-0.3, -0.25) is 4.79 Å². The lowest BCUT2D eigenvalue weighted by Gasteiger charge is -2.33. The Morgan fingerprint density at radius 2 is 1.77 bits per heavy atom. The van der Waals surface area contributed by atoms with Gasteiger partial charge < -0.3 is 19.9 Å². The fraction of sp³-hybridized carbons (Fsp3) is 0.417. The van der Waals surface area contributed by atoms with Crippen LogP contribution >= 0.6 is 0 Å². The van der Waals surface area contributed by atoms with Crippen molar-refractivity contribution in [3.63, 3.8) is 0 Å². The molecule has 0 bridgehead atoms. The van der Waals surface area contributed by atoms with Gasteiger partial charge in [0.25, 0.3) is 0 Å². The Bertz CT molecular complexity index is 861. The van der Waals surface area contributed by atoms with E-state index in [9.17, 15) is 9.59 Å². The zero-order valence-electron chi connectivity index (χ0n) is 17.4. The molecule has 2 heterocycles. The average Bonchev–Trinajstić information content (AvgIpc) is 3.15. The molecular weight excluding hydrogens is 378 g/mol. The first kappa shape index (κ1) is 20.3. The zero-order valence-corrected chi connectivity index (χ0v) is 17.4. The molecular formula is C24H29N3O3. The molecule has 4 rings (SSSR count). The van der Waals surface area contributed by atoms with Gasteiger partial charge in [0.05, 0.1) is 13.2 Å². The number of nitrogens with zero attached hydrogens (tertiary/aromatic N) is 2. The summed E-state index contributed by atoms with van der Waals surface area (Å²) in [6.45, 7) is 2.04. The summed E-state index contributed by atoms with van der Waals surface area (Å²) in [5.74, 6) is 1.41. The molecule has 0 unspecified atom stereocenters. The van der Waals surface area contributed by atoms with Crippen molar-refractivity contribution in [1.82, 2.24) is 10.2 Å². The molecule has 30 heavy (non-hydrogen) atoms. The molecule has 2 saturated heterocycles. The summed E-state index contributed by atoms with van der Waals surface area (Å²) < 4.78 is 5.17. The number of hydrogen-bond donors (Lipinski definition) is 1.